The van der Waals surface area contributed by atoms with Crippen molar-refractivity contribution >= 4 is 11.9 Å². The molecule has 0 atom stereocenters. The van der Waals surface area contributed by atoms with E-state index in [-0.39, 0.29) is 36.4 Å². The molecule has 0 aromatic heterocycles. The first-order valence-corrected chi connectivity index (χ1v) is 5.42. The Bertz CT molecular complexity index is 571. The van der Waals surface area contributed by atoms with Gasteiger partial charge in [0.2, 0.25) is 0 Å². The van der Waals surface area contributed by atoms with E-state index in [1.807, 2.05) is 0 Å². The van der Waals surface area contributed by atoms with E-state index in [0.717, 1.165) is 0 Å². The predicted molar refractivity (Wildman–Crippen MR) is 65.3 cm³/mol. The molecule has 2 aromatic carbocycles. The van der Waals surface area contributed by atoms with Gasteiger partial charge in [-0.3, -0.25) is 0 Å². The van der Waals surface area contributed by atoms with Gasteiger partial charge in [-0.15, -0.1) is 0 Å². The van der Waals surface area contributed by atoms with Crippen LogP contribution >= 0.6 is 0 Å². The monoisotopic (exact) mass is 377 g/mol. The summed E-state index contributed by atoms with van der Waals surface area (Å²) in [6, 6.07) is 11.2. The van der Waals surface area contributed by atoms with Crippen molar-refractivity contribution < 1.29 is 49.5 Å². The average Bonchev–Trinajstić information content (AvgIpc) is 2.40. The van der Waals surface area contributed by atoms with Gasteiger partial charge in [0.25, 0.3) is 0 Å². The Hall–Kier alpha value is -2.40. The van der Waals surface area contributed by atoms with E-state index in [9.17, 15) is 19.8 Å². The molecule has 7 heteroatoms. The fourth-order valence-electron chi connectivity index (χ4n) is 1.29. The molecule has 2 rings (SSSR count). The summed E-state index contributed by atoms with van der Waals surface area (Å²) in [6.07, 6.45) is 0. The Balaban J connectivity index is 0.000000364. The van der Waals surface area contributed by atoms with E-state index in [1.54, 1.807) is 12.1 Å². The van der Waals surface area contributed by atoms with Crippen LogP contribution in [-0.2, 0) is 19.5 Å². The summed E-state index contributed by atoms with van der Waals surface area (Å²) in [5.74, 6) is -3.25. The number of carboxylic acid groups (broad SMARTS) is 2. The van der Waals surface area contributed by atoms with Crippen LogP contribution in [0.25, 0.3) is 0 Å². The topological polar surface area (TPSA) is 121 Å². The van der Waals surface area contributed by atoms with Gasteiger partial charge >= 0.3 is 25.4 Å². The Labute approximate surface area is 133 Å². The van der Waals surface area contributed by atoms with Crippen molar-refractivity contribution in [1.29, 1.82) is 0 Å². The first kappa shape index (κ1) is 18.6. The van der Waals surface area contributed by atoms with Crippen LogP contribution in [0.5, 0.6) is 11.5 Å². The van der Waals surface area contributed by atoms with Crippen molar-refractivity contribution in [2.24, 2.45) is 0 Å². The molecule has 21 heavy (non-hydrogen) atoms. The molecule has 0 heterocycles. The molecule has 0 unspecified atom stereocenters. The van der Waals surface area contributed by atoms with Crippen molar-refractivity contribution in [2.45, 2.75) is 0 Å². The zero-order chi connectivity index (χ0) is 15.1. The molecule has 0 saturated heterocycles. The molecule has 0 fully saturated rings. The second-order valence-corrected chi connectivity index (χ2v) is 3.61. The minimum atomic E-state index is -1.43. The number of phenols is 1. The number of para-hydroxylation sites is 2. The zero-order valence-corrected chi connectivity index (χ0v) is 12.1. The number of aromatic hydroxyl groups is 1. The summed E-state index contributed by atoms with van der Waals surface area (Å²) in [4.78, 5) is 20.4. The summed E-state index contributed by atoms with van der Waals surface area (Å²) in [6.45, 7) is 0. The van der Waals surface area contributed by atoms with E-state index in [0.29, 0.717) is 0 Å². The number of hydrogen-bond acceptors (Lipinski definition) is 5. The maximum Gasteiger partial charge on any atom is 2.00 e. The van der Waals surface area contributed by atoms with Crippen LogP contribution in [0.4, 0.5) is 0 Å². The Morgan fingerprint density at radius 3 is 1.71 bits per heavy atom. The number of carbonyl (C=O) groups is 2. The molecule has 0 spiro atoms. The van der Waals surface area contributed by atoms with Crippen molar-refractivity contribution in [2.75, 3.05) is 0 Å². The van der Waals surface area contributed by atoms with Crippen molar-refractivity contribution in [3.05, 3.63) is 59.7 Å². The largest absolute Gasteiger partial charge is 2.00 e. The molecule has 0 aliphatic heterocycles. The predicted octanol–water partition coefficient (Wildman–Crippen LogP) is 0.212. The molecule has 0 aliphatic rings. The van der Waals surface area contributed by atoms with E-state index < -0.39 is 17.7 Å². The van der Waals surface area contributed by atoms with Crippen LogP contribution in [0.1, 0.15) is 20.7 Å². The number of aromatic carboxylic acids is 2. The van der Waals surface area contributed by atoms with Crippen LogP contribution in [0.3, 0.4) is 0 Å². The van der Waals surface area contributed by atoms with Crippen molar-refractivity contribution in [3.63, 3.8) is 0 Å². The van der Waals surface area contributed by atoms with Gasteiger partial charge in [-0.2, -0.15) is 0 Å². The van der Waals surface area contributed by atoms with Crippen molar-refractivity contribution in [3.8, 4) is 11.5 Å². The molecule has 1 radical (unpaired) electrons. The minimum absolute atomic E-state index is 0. The normalized spacial score (nSPS) is 8.76. The fourth-order valence-corrected chi connectivity index (χ4v) is 1.29. The quantitative estimate of drug-likeness (QED) is 0.722. The Morgan fingerprint density at radius 2 is 1.38 bits per heavy atom. The van der Waals surface area contributed by atoms with E-state index in [2.05, 4.69) is 0 Å². The van der Waals surface area contributed by atoms with Gasteiger partial charge in [-0.1, -0.05) is 42.1 Å². The van der Waals surface area contributed by atoms with Gasteiger partial charge in [0.1, 0.15) is 11.3 Å². The van der Waals surface area contributed by atoms with Gasteiger partial charge in [0, 0.05) is 0 Å². The molecule has 6 nitrogen and oxygen atoms in total. The van der Waals surface area contributed by atoms with E-state index in [4.69, 9.17) is 10.2 Å². The molecule has 0 bridgehead atoms. The van der Waals surface area contributed by atoms with Crippen LogP contribution < -0.4 is 10.2 Å². The fraction of sp³-hybridized carbons (Fsp3) is 0. The van der Waals surface area contributed by atoms with Gasteiger partial charge in [-0.05, 0) is 17.7 Å². The van der Waals surface area contributed by atoms with Gasteiger partial charge in [0.05, 0.1) is 5.97 Å². The maximum absolute atomic E-state index is 10.6. The number of carboxylic acids is 2. The maximum atomic E-state index is 10.6. The smallest absolute Gasteiger partial charge is 0.872 e. The van der Waals surface area contributed by atoms with E-state index >= 15 is 0 Å². The third-order valence-electron chi connectivity index (χ3n) is 2.24. The van der Waals surface area contributed by atoms with Crippen LogP contribution in [0.2, 0.25) is 0 Å². The van der Waals surface area contributed by atoms with Crippen LogP contribution in [0, 0.1) is 0 Å². The summed E-state index contributed by atoms with van der Waals surface area (Å²) >= 11 is 0. The molecular formula is C14H10O6Rh. The first-order valence-electron chi connectivity index (χ1n) is 5.42. The van der Waals surface area contributed by atoms with E-state index in [1.165, 1.54) is 36.4 Å². The third kappa shape index (κ3) is 5.62. The summed E-state index contributed by atoms with van der Waals surface area (Å²) in [5, 5.41) is 38.1. The third-order valence-corrected chi connectivity index (χ3v) is 2.24. The molecule has 0 saturated carbocycles. The van der Waals surface area contributed by atoms with Crippen molar-refractivity contribution in [1.82, 2.24) is 0 Å². The summed E-state index contributed by atoms with van der Waals surface area (Å²) in [5.41, 5.74) is -0.356. The van der Waals surface area contributed by atoms with Crippen LogP contribution in [-0.4, -0.2) is 22.2 Å². The molecule has 2 aromatic rings. The molecule has 2 N–H and O–H groups in total. The van der Waals surface area contributed by atoms with Gasteiger partial charge < -0.3 is 25.2 Å². The second kappa shape index (κ2) is 8.71. The zero-order valence-electron chi connectivity index (χ0n) is 10.5. The average molecular weight is 377 g/mol. The van der Waals surface area contributed by atoms with Crippen LogP contribution in [0.15, 0.2) is 48.5 Å². The van der Waals surface area contributed by atoms with Gasteiger partial charge in [-0.25, -0.2) is 4.79 Å². The summed E-state index contributed by atoms with van der Waals surface area (Å²) in [7, 11) is 0. The Morgan fingerprint density at radius 1 is 0.905 bits per heavy atom. The molecule has 0 amide bonds. The molecule has 111 valence electrons. The number of benzene rings is 2. The number of carbonyl (C=O) groups excluding carboxylic acids is 1. The van der Waals surface area contributed by atoms with Gasteiger partial charge in [0.15, 0.2) is 0 Å². The number of rotatable bonds is 2. The Kier molecular flexibility index (Phi) is 7.72. The minimum Gasteiger partial charge on any atom is -0.872 e. The standard InChI is InChI=1S/2C7H6O3.Rh/c2*8-6-4-2-1-3-5(6)7(9)10;/h2*1-4,8H,(H,9,10);/q;;+2/p-2. The SMILES string of the molecule is O=C(O)c1ccccc1O.O=C([O-])c1ccccc1[O-].[Rh+2]. The molecular weight excluding hydrogens is 367 g/mol. The number of hydrogen-bond donors (Lipinski definition) is 2. The summed E-state index contributed by atoms with van der Waals surface area (Å²) < 4.78 is 0. The second-order valence-electron chi connectivity index (χ2n) is 3.61. The first-order chi connectivity index (χ1) is 9.43. The molecule has 0 aliphatic carbocycles.